The van der Waals surface area contributed by atoms with E-state index in [-0.39, 0.29) is 0 Å². The molecule has 0 unspecified atom stereocenters. The van der Waals surface area contributed by atoms with Gasteiger partial charge >= 0.3 is 0 Å². The van der Waals surface area contributed by atoms with E-state index >= 15 is 0 Å². The molecule has 1 aromatic rings. The number of ether oxygens (including phenoxy) is 1. The molecule has 1 aliphatic rings. The summed E-state index contributed by atoms with van der Waals surface area (Å²) in [4.78, 5) is 5.00. The second-order valence-corrected chi connectivity index (χ2v) is 5.75. The third-order valence-corrected chi connectivity index (χ3v) is 4.26. The molecule has 1 fully saturated rings. The second-order valence-electron chi connectivity index (χ2n) is 5.75. The predicted octanol–water partition coefficient (Wildman–Crippen LogP) is 2.44. The fourth-order valence-corrected chi connectivity index (χ4v) is 2.84. The van der Waals surface area contributed by atoms with E-state index in [2.05, 4.69) is 42.0 Å². The van der Waals surface area contributed by atoms with Crippen molar-refractivity contribution in [1.82, 2.24) is 9.80 Å². The second kappa shape index (κ2) is 7.65. The maximum Gasteiger partial charge on any atom is 0.122 e. The molecule has 0 aromatic heterocycles. The number of rotatable bonds is 6. The number of benzene rings is 1. The zero-order valence-corrected chi connectivity index (χ0v) is 13.2. The van der Waals surface area contributed by atoms with Crippen molar-refractivity contribution in [2.24, 2.45) is 0 Å². The van der Waals surface area contributed by atoms with Crippen LogP contribution in [0.2, 0.25) is 0 Å². The van der Waals surface area contributed by atoms with Crippen LogP contribution < -0.4 is 4.74 Å². The van der Waals surface area contributed by atoms with E-state index in [4.69, 9.17) is 4.74 Å². The van der Waals surface area contributed by atoms with Crippen LogP contribution in [0, 0.1) is 0 Å². The summed E-state index contributed by atoms with van der Waals surface area (Å²) in [6, 6.07) is 6.63. The minimum absolute atomic E-state index is 1.02. The van der Waals surface area contributed by atoms with Crippen molar-refractivity contribution in [3.63, 3.8) is 0 Å². The molecule has 0 bridgehead atoms. The highest BCUT2D eigenvalue weighted by Gasteiger charge is 2.12. The highest BCUT2D eigenvalue weighted by Crippen LogP contribution is 2.21. The summed E-state index contributed by atoms with van der Waals surface area (Å²) in [5.74, 6) is 1.02. The molecule has 0 amide bonds. The summed E-state index contributed by atoms with van der Waals surface area (Å²) < 4.78 is 5.39. The van der Waals surface area contributed by atoms with Crippen molar-refractivity contribution >= 4 is 0 Å². The molecule has 1 aromatic carbocycles. The first-order valence-corrected chi connectivity index (χ1v) is 7.79. The van der Waals surface area contributed by atoms with Crippen molar-refractivity contribution in [3.05, 3.63) is 29.3 Å². The topological polar surface area (TPSA) is 15.7 Å². The van der Waals surface area contributed by atoms with Crippen molar-refractivity contribution in [2.75, 3.05) is 46.9 Å². The van der Waals surface area contributed by atoms with Crippen molar-refractivity contribution in [3.8, 4) is 5.75 Å². The van der Waals surface area contributed by atoms with Crippen molar-refractivity contribution in [1.29, 1.82) is 0 Å². The van der Waals surface area contributed by atoms with Gasteiger partial charge in [0.05, 0.1) is 7.11 Å². The Labute approximate surface area is 123 Å². The number of hydrogen-bond acceptors (Lipinski definition) is 3. The van der Waals surface area contributed by atoms with Crippen LogP contribution in [0.3, 0.4) is 0 Å². The van der Waals surface area contributed by atoms with Crippen LogP contribution >= 0.6 is 0 Å². The summed E-state index contributed by atoms with van der Waals surface area (Å²) in [7, 11) is 3.96. The number of aryl methyl sites for hydroxylation is 2. The van der Waals surface area contributed by atoms with E-state index in [9.17, 15) is 0 Å². The van der Waals surface area contributed by atoms with Gasteiger partial charge < -0.3 is 14.5 Å². The van der Waals surface area contributed by atoms with Gasteiger partial charge in [-0.1, -0.05) is 19.1 Å². The van der Waals surface area contributed by atoms with Gasteiger partial charge in [-0.3, -0.25) is 0 Å². The van der Waals surface area contributed by atoms with Crippen LogP contribution in [-0.2, 0) is 12.8 Å². The zero-order chi connectivity index (χ0) is 14.4. The first kappa shape index (κ1) is 15.3. The van der Waals surface area contributed by atoms with Crippen LogP contribution in [0.1, 0.15) is 24.5 Å². The molecule has 2 rings (SSSR count). The molecule has 0 saturated carbocycles. The lowest BCUT2D eigenvalue weighted by Crippen LogP contribution is -2.44. The number of likely N-dealkylation sites (N-methyl/N-ethyl adjacent to an activating group) is 1. The fraction of sp³-hybridized carbons (Fsp3) is 0.647. The summed E-state index contributed by atoms with van der Waals surface area (Å²) >= 11 is 0. The van der Waals surface area contributed by atoms with E-state index < -0.39 is 0 Å². The predicted molar refractivity (Wildman–Crippen MR) is 84.6 cm³/mol. The summed E-state index contributed by atoms with van der Waals surface area (Å²) in [6.45, 7) is 8.27. The van der Waals surface area contributed by atoms with Gasteiger partial charge in [-0.15, -0.1) is 0 Å². The lowest BCUT2D eigenvalue weighted by atomic mass is 10.0. The van der Waals surface area contributed by atoms with Crippen LogP contribution in [0.4, 0.5) is 0 Å². The first-order chi connectivity index (χ1) is 9.72. The van der Waals surface area contributed by atoms with Gasteiger partial charge in [-0.05, 0) is 50.0 Å². The molecular weight excluding hydrogens is 248 g/mol. The van der Waals surface area contributed by atoms with E-state index in [0.29, 0.717) is 0 Å². The first-order valence-electron chi connectivity index (χ1n) is 7.79. The van der Waals surface area contributed by atoms with E-state index in [1.807, 2.05) is 0 Å². The molecule has 0 radical (unpaired) electrons. The molecule has 1 heterocycles. The molecule has 3 nitrogen and oxygen atoms in total. The smallest absolute Gasteiger partial charge is 0.122 e. The third-order valence-electron chi connectivity index (χ3n) is 4.26. The minimum Gasteiger partial charge on any atom is -0.496 e. The lowest BCUT2D eigenvalue weighted by molar-refractivity contribution is 0.153. The molecule has 0 aliphatic carbocycles. The molecule has 1 aliphatic heterocycles. The molecule has 20 heavy (non-hydrogen) atoms. The van der Waals surface area contributed by atoms with E-state index in [1.165, 1.54) is 56.7 Å². The highest BCUT2D eigenvalue weighted by atomic mass is 16.5. The largest absolute Gasteiger partial charge is 0.496 e. The summed E-state index contributed by atoms with van der Waals surface area (Å²) in [6.07, 6.45) is 3.46. The number of nitrogens with zero attached hydrogens (tertiary/aromatic N) is 2. The monoisotopic (exact) mass is 276 g/mol. The van der Waals surface area contributed by atoms with Crippen LogP contribution in [0.5, 0.6) is 5.75 Å². The average molecular weight is 276 g/mol. The van der Waals surface area contributed by atoms with Crippen LogP contribution in [-0.4, -0.2) is 56.7 Å². The zero-order valence-electron chi connectivity index (χ0n) is 13.2. The molecule has 0 atom stereocenters. The highest BCUT2D eigenvalue weighted by molar-refractivity contribution is 5.37. The van der Waals surface area contributed by atoms with Crippen LogP contribution in [0.15, 0.2) is 18.2 Å². The Kier molecular flexibility index (Phi) is 5.86. The quantitative estimate of drug-likeness (QED) is 0.794. The Hall–Kier alpha value is -1.06. The van der Waals surface area contributed by atoms with Gasteiger partial charge in [-0.2, -0.15) is 0 Å². The Morgan fingerprint density at radius 1 is 1.15 bits per heavy atom. The molecule has 3 heteroatoms. The lowest BCUT2D eigenvalue weighted by Gasteiger charge is -2.32. The van der Waals surface area contributed by atoms with Crippen molar-refractivity contribution < 1.29 is 4.74 Å². The maximum absolute atomic E-state index is 5.39. The fourth-order valence-electron chi connectivity index (χ4n) is 2.84. The number of piperazine rings is 1. The Morgan fingerprint density at radius 3 is 2.55 bits per heavy atom. The van der Waals surface area contributed by atoms with Gasteiger partial charge in [0.1, 0.15) is 5.75 Å². The third kappa shape index (κ3) is 4.22. The van der Waals surface area contributed by atoms with Crippen molar-refractivity contribution in [2.45, 2.75) is 26.2 Å². The van der Waals surface area contributed by atoms with Crippen LogP contribution in [0.25, 0.3) is 0 Å². The number of methoxy groups -OCH3 is 1. The van der Waals surface area contributed by atoms with E-state index in [0.717, 1.165) is 12.2 Å². The van der Waals surface area contributed by atoms with E-state index in [1.54, 1.807) is 7.11 Å². The molecule has 0 spiro atoms. The van der Waals surface area contributed by atoms with Gasteiger partial charge in [0.15, 0.2) is 0 Å². The molecular formula is C17H28N2O. The number of hydrogen-bond donors (Lipinski definition) is 0. The Balaban J connectivity index is 1.79. The summed E-state index contributed by atoms with van der Waals surface area (Å²) in [5, 5.41) is 0. The summed E-state index contributed by atoms with van der Waals surface area (Å²) in [5.41, 5.74) is 2.77. The Bertz CT molecular complexity index is 411. The Morgan fingerprint density at radius 2 is 1.90 bits per heavy atom. The normalized spacial score (nSPS) is 17.4. The van der Waals surface area contributed by atoms with Gasteiger partial charge in [-0.25, -0.2) is 0 Å². The molecule has 0 N–H and O–H groups in total. The molecule has 112 valence electrons. The standard InChI is InChI=1S/C17H28N2O/c1-4-16-14-15(7-8-17(16)20-3)6-5-9-19-12-10-18(2)11-13-19/h7-8,14H,4-6,9-13H2,1-3H3. The maximum atomic E-state index is 5.39. The van der Waals surface area contributed by atoms with Gasteiger partial charge in [0.25, 0.3) is 0 Å². The average Bonchev–Trinajstić information content (AvgIpc) is 2.49. The SMILES string of the molecule is CCc1cc(CCCN2CCN(C)CC2)ccc1OC. The van der Waals surface area contributed by atoms with Gasteiger partial charge in [0, 0.05) is 26.2 Å². The minimum atomic E-state index is 1.02. The molecule has 1 saturated heterocycles. The van der Waals surface area contributed by atoms with Gasteiger partial charge in [0.2, 0.25) is 0 Å².